The number of carboxylic acid groups (broad SMARTS) is 2. The lowest BCUT2D eigenvalue weighted by atomic mass is 10.0. The van der Waals surface area contributed by atoms with E-state index in [0.29, 0.717) is 19.4 Å². The summed E-state index contributed by atoms with van der Waals surface area (Å²) in [6, 6.07) is -1.59. The van der Waals surface area contributed by atoms with Crippen molar-refractivity contribution < 1.29 is 48.5 Å². The molecule has 0 heterocycles. The van der Waals surface area contributed by atoms with Crippen LogP contribution in [-0.2, 0) is 38.2 Å². The van der Waals surface area contributed by atoms with Crippen molar-refractivity contribution in [1.82, 2.24) is 16.0 Å². The van der Waals surface area contributed by atoms with Crippen molar-refractivity contribution in [2.24, 2.45) is 5.73 Å². The Balaban J connectivity index is 3.74. The number of unbranched alkanes of at least 4 members (excludes halogenated alkanes) is 10. The van der Waals surface area contributed by atoms with Crippen LogP contribution in [0.4, 0.5) is 0 Å². The van der Waals surface area contributed by atoms with Crippen molar-refractivity contribution >= 4 is 35.4 Å². The smallest absolute Gasteiger partial charge is 0.326 e. The molecule has 0 aromatic rings. The van der Waals surface area contributed by atoms with Gasteiger partial charge in [-0.2, -0.15) is 0 Å². The van der Waals surface area contributed by atoms with Crippen molar-refractivity contribution in [3.8, 4) is 0 Å². The summed E-state index contributed by atoms with van der Waals surface area (Å²) in [6.45, 7) is 2.72. The summed E-state index contributed by atoms with van der Waals surface area (Å²) in [7, 11) is 0. The summed E-state index contributed by atoms with van der Waals surface area (Å²) >= 11 is 0. The number of Topliss-reactive ketones (excluding diaryl/α,β-unsaturated/α-hetero) is 1. The Labute approximate surface area is 273 Å². The fraction of sp³-hybridized carbons (Fsp3) is 0.812. The molecule has 14 heteroatoms. The SMILES string of the molecule is CC(=O)[C@@H](N)CCCCNC(=O)COCCOCCNC(=O)CC[C@H](NC(=O)CCCCCCCCCCCCC(=O)O)C(=O)O. The van der Waals surface area contributed by atoms with Gasteiger partial charge < -0.3 is 41.4 Å². The minimum absolute atomic E-state index is 0.0219. The fourth-order valence-corrected chi connectivity index (χ4v) is 4.48. The molecule has 0 aliphatic carbocycles. The van der Waals surface area contributed by atoms with E-state index in [1.807, 2.05) is 0 Å². The maximum absolute atomic E-state index is 12.2. The molecule has 0 bridgehead atoms. The number of hydrogen-bond acceptors (Lipinski definition) is 9. The van der Waals surface area contributed by atoms with Crippen LogP contribution in [-0.4, -0.2) is 97.3 Å². The minimum atomic E-state index is -1.18. The number of nitrogens with one attached hydrogen (secondary N) is 3. The monoisotopic (exact) mass is 658 g/mol. The van der Waals surface area contributed by atoms with Gasteiger partial charge >= 0.3 is 11.9 Å². The molecule has 0 radical (unpaired) electrons. The lowest BCUT2D eigenvalue weighted by Gasteiger charge is -2.14. The van der Waals surface area contributed by atoms with Crippen LogP contribution in [0.2, 0.25) is 0 Å². The molecule has 3 amide bonds. The van der Waals surface area contributed by atoms with E-state index < -0.39 is 24.0 Å². The van der Waals surface area contributed by atoms with Crippen LogP contribution in [0.3, 0.4) is 0 Å². The minimum Gasteiger partial charge on any atom is -0.481 e. The Morgan fingerprint density at radius 1 is 0.609 bits per heavy atom. The molecular weight excluding hydrogens is 600 g/mol. The maximum Gasteiger partial charge on any atom is 0.326 e. The second-order valence-corrected chi connectivity index (χ2v) is 11.5. The average Bonchev–Trinajstić information content (AvgIpc) is 3.00. The Bertz CT molecular complexity index is 887. The van der Waals surface area contributed by atoms with Crippen molar-refractivity contribution in [2.45, 2.75) is 128 Å². The molecule has 0 aromatic heterocycles. The molecule has 14 nitrogen and oxygen atoms in total. The van der Waals surface area contributed by atoms with Crippen LogP contribution in [0.15, 0.2) is 0 Å². The molecule has 0 fully saturated rings. The molecule has 0 aliphatic rings. The molecule has 266 valence electrons. The Kier molecular flexibility index (Phi) is 27.3. The molecule has 7 N–H and O–H groups in total. The van der Waals surface area contributed by atoms with Crippen LogP contribution in [0.1, 0.15) is 116 Å². The first-order chi connectivity index (χ1) is 22.0. The number of hydrogen-bond donors (Lipinski definition) is 6. The molecule has 0 rings (SSSR count). The normalized spacial score (nSPS) is 12.2. The van der Waals surface area contributed by atoms with Gasteiger partial charge in [-0.25, -0.2) is 4.79 Å². The summed E-state index contributed by atoms with van der Waals surface area (Å²) < 4.78 is 10.6. The lowest BCUT2D eigenvalue weighted by molar-refractivity contribution is -0.142. The predicted molar refractivity (Wildman–Crippen MR) is 172 cm³/mol. The quantitative estimate of drug-likeness (QED) is 0.0576. The number of nitrogens with two attached hydrogens (primary N) is 1. The largest absolute Gasteiger partial charge is 0.481 e. The zero-order valence-electron chi connectivity index (χ0n) is 27.7. The van der Waals surface area contributed by atoms with E-state index in [9.17, 15) is 33.9 Å². The molecule has 0 unspecified atom stereocenters. The number of carbonyl (C=O) groups excluding carboxylic acids is 4. The summed E-state index contributed by atoms with van der Waals surface area (Å²) in [5.74, 6) is -2.91. The first-order valence-electron chi connectivity index (χ1n) is 16.7. The first-order valence-corrected chi connectivity index (χ1v) is 16.7. The van der Waals surface area contributed by atoms with E-state index in [-0.39, 0.29) is 82.2 Å². The van der Waals surface area contributed by atoms with E-state index in [1.165, 1.54) is 6.92 Å². The number of ketones is 1. The second-order valence-electron chi connectivity index (χ2n) is 11.5. The molecule has 2 atom stereocenters. The van der Waals surface area contributed by atoms with Crippen molar-refractivity contribution in [2.75, 3.05) is 39.5 Å². The van der Waals surface area contributed by atoms with Gasteiger partial charge in [-0.05, 0) is 45.4 Å². The van der Waals surface area contributed by atoms with Crippen LogP contribution >= 0.6 is 0 Å². The van der Waals surface area contributed by atoms with Gasteiger partial charge in [-0.3, -0.25) is 24.0 Å². The van der Waals surface area contributed by atoms with E-state index in [4.69, 9.17) is 20.3 Å². The third-order valence-corrected chi connectivity index (χ3v) is 7.30. The zero-order chi connectivity index (χ0) is 34.4. The Morgan fingerprint density at radius 3 is 1.76 bits per heavy atom. The summed E-state index contributed by atoms with van der Waals surface area (Å²) in [4.78, 5) is 69.1. The molecule has 0 saturated carbocycles. The average molecular weight is 659 g/mol. The third-order valence-electron chi connectivity index (χ3n) is 7.30. The highest BCUT2D eigenvalue weighted by Gasteiger charge is 2.20. The van der Waals surface area contributed by atoms with Gasteiger partial charge in [-0.1, -0.05) is 51.4 Å². The highest BCUT2D eigenvalue weighted by molar-refractivity contribution is 5.84. The molecule has 0 aromatic carbocycles. The van der Waals surface area contributed by atoms with Gasteiger partial charge in [0.15, 0.2) is 0 Å². The standard InChI is InChI=1S/C32H58N4O10/c1-25(37)26(33)14-12-13-19-34-30(40)24-46-23-22-45-21-20-35-28(38)18-17-27(32(43)44)36-29(39)15-10-8-6-4-2-3-5-7-9-11-16-31(41)42/h26-27H,2-24,33H2,1H3,(H,34,40)(H,35,38)(H,36,39)(H,41,42)(H,43,44)/t26-,27-/m0/s1. The van der Waals surface area contributed by atoms with Gasteiger partial charge in [0.1, 0.15) is 18.4 Å². The summed E-state index contributed by atoms with van der Waals surface area (Å²) in [5, 5.41) is 25.9. The van der Waals surface area contributed by atoms with Gasteiger partial charge in [0.25, 0.3) is 0 Å². The number of carboxylic acids is 2. The third kappa shape index (κ3) is 28.4. The summed E-state index contributed by atoms with van der Waals surface area (Å²) in [5.41, 5.74) is 5.66. The maximum atomic E-state index is 12.2. The fourth-order valence-electron chi connectivity index (χ4n) is 4.48. The first kappa shape index (κ1) is 42.9. The van der Waals surface area contributed by atoms with E-state index >= 15 is 0 Å². The van der Waals surface area contributed by atoms with E-state index in [1.54, 1.807) is 0 Å². The molecule has 46 heavy (non-hydrogen) atoms. The molecule has 0 aliphatic heterocycles. The second kappa shape index (κ2) is 29.3. The van der Waals surface area contributed by atoms with Crippen molar-refractivity contribution in [1.29, 1.82) is 0 Å². The number of amides is 3. The number of rotatable bonds is 32. The highest BCUT2D eigenvalue weighted by atomic mass is 16.5. The van der Waals surface area contributed by atoms with Gasteiger partial charge in [-0.15, -0.1) is 0 Å². The lowest BCUT2D eigenvalue weighted by Crippen LogP contribution is -2.41. The number of ether oxygens (including phenoxy) is 2. The van der Waals surface area contributed by atoms with E-state index in [0.717, 1.165) is 70.6 Å². The van der Waals surface area contributed by atoms with Gasteiger partial charge in [0.2, 0.25) is 17.7 Å². The van der Waals surface area contributed by atoms with Crippen molar-refractivity contribution in [3.05, 3.63) is 0 Å². The zero-order valence-corrected chi connectivity index (χ0v) is 27.7. The Morgan fingerprint density at radius 2 is 1.17 bits per heavy atom. The molecule has 0 saturated heterocycles. The molecular formula is C32H58N4O10. The van der Waals surface area contributed by atoms with Crippen LogP contribution in [0.5, 0.6) is 0 Å². The van der Waals surface area contributed by atoms with Crippen LogP contribution in [0, 0.1) is 0 Å². The van der Waals surface area contributed by atoms with Crippen LogP contribution in [0.25, 0.3) is 0 Å². The van der Waals surface area contributed by atoms with Gasteiger partial charge in [0, 0.05) is 32.4 Å². The van der Waals surface area contributed by atoms with E-state index in [2.05, 4.69) is 16.0 Å². The number of aliphatic carboxylic acids is 2. The van der Waals surface area contributed by atoms with Crippen LogP contribution < -0.4 is 21.7 Å². The highest BCUT2D eigenvalue weighted by Crippen LogP contribution is 2.12. The van der Waals surface area contributed by atoms with Gasteiger partial charge in [0.05, 0.1) is 25.9 Å². The Hall–Kier alpha value is -3.10. The predicted octanol–water partition coefficient (Wildman–Crippen LogP) is 2.45. The van der Waals surface area contributed by atoms with Crippen molar-refractivity contribution in [3.63, 3.8) is 0 Å². The topological polar surface area (TPSA) is 223 Å². The summed E-state index contributed by atoms with van der Waals surface area (Å²) in [6.07, 6.45) is 12.2. The molecule has 0 spiro atoms. The number of carbonyl (C=O) groups is 6.